The Morgan fingerprint density at radius 2 is 1.74 bits per heavy atom. The smallest absolute Gasteiger partial charge is 0.150 e. The maximum absolute atomic E-state index is 14.0. The van der Waals surface area contributed by atoms with Gasteiger partial charge in [0.15, 0.2) is 6.29 Å². The molecule has 0 bridgehead atoms. The zero-order valence-electron chi connectivity index (χ0n) is 10.5. The van der Waals surface area contributed by atoms with Gasteiger partial charge in [-0.05, 0) is 12.5 Å². The molecule has 0 radical (unpaired) electrons. The molecule has 4 heteroatoms. The monoisotopic (exact) mass is 262 g/mol. The molecule has 0 aliphatic rings. The molecule has 0 aromatic heterocycles. The number of aryl methyl sites for hydroxylation is 1. The Kier molecular flexibility index (Phi) is 3.60. The van der Waals surface area contributed by atoms with Gasteiger partial charge in [-0.15, -0.1) is 0 Å². The van der Waals surface area contributed by atoms with Gasteiger partial charge in [0.2, 0.25) is 0 Å². The van der Waals surface area contributed by atoms with Crippen LogP contribution in [-0.2, 0) is 0 Å². The van der Waals surface area contributed by atoms with Gasteiger partial charge < -0.3 is 4.74 Å². The molecule has 0 saturated carbocycles. The van der Waals surface area contributed by atoms with Gasteiger partial charge in [-0.1, -0.05) is 23.8 Å². The number of rotatable bonds is 3. The minimum Gasteiger partial charge on any atom is -0.497 e. The van der Waals surface area contributed by atoms with Crippen molar-refractivity contribution in [2.24, 2.45) is 0 Å². The van der Waals surface area contributed by atoms with Crippen molar-refractivity contribution in [3.8, 4) is 16.9 Å². The van der Waals surface area contributed by atoms with Crippen molar-refractivity contribution in [1.82, 2.24) is 0 Å². The predicted octanol–water partition coefficient (Wildman–Crippen LogP) is 3.76. The third-order valence-electron chi connectivity index (χ3n) is 2.86. The van der Waals surface area contributed by atoms with E-state index in [1.807, 2.05) is 0 Å². The summed E-state index contributed by atoms with van der Waals surface area (Å²) in [4.78, 5) is 11.0. The average molecular weight is 262 g/mol. The summed E-state index contributed by atoms with van der Waals surface area (Å²) in [6.07, 6.45) is 0.581. The van der Waals surface area contributed by atoms with Crippen molar-refractivity contribution in [3.63, 3.8) is 0 Å². The van der Waals surface area contributed by atoms with E-state index in [0.29, 0.717) is 6.29 Å². The highest BCUT2D eigenvalue weighted by Gasteiger charge is 2.16. The van der Waals surface area contributed by atoms with E-state index in [4.69, 9.17) is 4.74 Å². The van der Waals surface area contributed by atoms with Gasteiger partial charge in [-0.25, -0.2) is 8.78 Å². The lowest BCUT2D eigenvalue weighted by Gasteiger charge is -2.10. The van der Waals surface area contributed by atoms with Crippen LogP contribution >= 0.6 is 0 Å². The quantitative estimate of drug-likeness (QED) is 0.787. The molecule has 0 N–H and O–H groups in total. The van der Waals surface area contributed by atoms with Crippen LogP contribution in [0.4, 0.5) is 8.78 Å². The summed E-state index contributed by atoms with van der Waals surface area (Å²) < 4.78 is 32.8. The van der Waals surface area contributed by atoms with Crippen LogP contribution in [0.3, 0.4) is 0 Å². The maximum Gasteiger partial charge on any atom is 0.150 e. The number of carbonyl (C=O) groups is 1. The van der Waals surface area contributed by atoms with Crippen LogP contribution in [0.5, 0.6) is 5.75 Å². The molecule has 0 saturated heterocycles. The molecule has 0 unspecified atom stereocenters. The minimum atomic E-state index is -0.759. The van der Waals surface area contributed by atoms with Crippen molar-refractivity contribution >= 4 is 6.29 Å². The van der Waals surface area contributed by atoms with Gasteiger partial charge in [-0.2, -0.15) is 0 Å². The molecule has 19 heavy (non-hydrogen) atoms. The number of benzene rings is 2. The summed E-state index contributed by atoms with van der Waals surface area (Å²) in [5.74, 6) is -1.42. The summed E-state index contributed by atoms with van der Waals surface area (Å²) >= 11 is 0. The lowest BCUT2D eigenvalue weighted by molar-refractivity contribution is 0.112. The Balaban J connectivity index is 2.71. The molecule has 98 valence electrons. The summed E-state index contributed by atoms with van der Waals surface area (Å²) in [5.41, 5.74) is 1.09. The van der Waals surface area contributed by atoms with Gasteiger partial charge in [-0.3, -0.25) is 4.79 Å². The van der Waals surface area contributed by atoms with E-state index in [-0.39, 0.29) is 22.4 Å². The Hall–Kier alpha value is -2.23. The SMILES string of the molecule is COc1cc(F)c(-c2cc(C)ccc2C=O)c(F)c1. The maximum atomic E-state index is 14.0. The van der Waals surface area contributed by atoms with Gasteiger partial charge in [0.25, 0.3) is 0 Å². The highest BCUT2D eigenvalue weighted by atomic mass is 19.1. The molecule has 2 rings (SSSR count). The second kappa shape index (κ2) is 5.18. The first-order chi connectivity index (χ1) is 9.06. The molecule has 0 heterocycles. The van der Waals surface area contributed by atoms with Gasteiger partial charge >= 0.3 is 0 Å². The Morgan fingerprint density at radius 1 is 1.11 bits per heavy atom. The molecular weight excluding hydrogens is 250 g/mol. The fourth-order valence-corrected chi connectivity index (χ4v) is 1.91. The standard InChI is InChI=1S/C15H12F2O2/c1-9-3-4-10(8-18)12(5-9)15-13(16)6-11(19-2)7-14(15)17/h3-8H,1-2H3. The topological polar surface area (TPSA) is 26.3 Å². The minimum absolute atomic E-state index is 0.0963. The second-order valence-corrected chi connectivity index (χ2v) is 4.17. The molecular formula is C15H12F2O2. The van der Waals surface area contributed by atoms with Crippen molar-refractivity contribution < 1.29 is 18.3 Å². The van der Waals surface area contributed by atoms with Crippen molar-refractivity contribution in [2.75, 3.05) is 7.11 Å². The summed E-state index contributed by atoms with van der Waals surface area (Å²) in [6, 6.07) is 7.02. The summed E-state index contributed by atoms with van der Waals surface area (Å²) in [6.45, 7) is 1.79. The third-order valence-corrected chi connectivity index (χ3v) is 2.86. The van der Waals surface area contributed by atoms with E-state index >= 15 is 0 Å². The van der Waals surface area contributed by atoms with Crippen LogP contribution in [0.25, 0.3) is 11.1 Å². The molecule has 0 atom stereocenters. The zero-order valence-corrected chi connectivity index (χ0v) is 10.5. The zero-order chi connectivity index (χ0) is 14.0. The number of halogens is 2. The molecule has 0 fully saturated rings. The predicted molar refractivity (Wildman–Crippen MR) is 68.5 cm³/mol. The van der Waals surface area contributed by atoms with Gasteiger partial charge in [0.05, 0.1) is 12.7 Å². The summed E-state index contributed by atoms with van der Waals surface area (Å²) in [5, 5.41) is 0. The Bertz CT molecular complexity index is 613. The molecule has 0 aliphatic heterocycles. The first kappa shape index (κ1) is 13.2. The normalized spacial score (nSPS) is 10.3. The van der Waals surface area contributed by atoms with Crippen LogP contribution in [0, 0.1) is 18.6 Å². The molecule has 0 aliphatic carbocycles. The lowest BCUT2D eigenvalue weighted by atomic mass is 9.97. The molecule has 0 spiro atoms. The first-order valence-electron chi connectivity index (χ1n) is 5.66. The van der Waals surface area contributed by atoms with Gasteiger partial charge in [0, 0.05) is 17.7 Å². The summed E-state index contributed by atoms with van der Waals surface area (Å²) in [7, 11) is 1.33. The van der Waals surface area contributed by atoms with Crippen LogP contribution in [0.1, 0.15) is 15.9 Å². The highest BCUT2D eigenvalue weighted by molar-refractivity contribution is 5.88. The number of methoxy groups -OCH3 is 1. The highest BCUT2D eigenvalue weighted by Crippen LogP contribution is 2.32. The largest absolute Gasteiger partial charge is 0.497 e. The molecule has 0 amide bonds. The van der Waals surface area contributed by atoms with Crippen LogP contribution in [-0.4, -0.2) is 13.4 Å². The molecule has 2 aromatic rings. The van der Waals surface area contributed by atoms with Crippen molar-refractivity contribution in [3.05, 3.63) is 53.1 Å². The number of hydrogen-bond acceptors (Lipinski definition) is 2. The Morgan fingerprint density at radius 3 is 2.26 bits per heavy atom. The van der Waals surface area contributed by atoms with Gasteiger partial charge in [0.1, 0.15) is 17.4 Å². The third kappa shape index (κ3) is 2.47. The van der Waals surface area contributed by atoms with E-state index < -0.39 is 11.6 Å². The number of ether oxygens (including phenoxy) is 1. The van der Waals surface area contributed by atoms with E-state index in [1.165, 1.54) is 7.11 Å². The van der Waals surface area contributed by atoms with E-state index in [2.05, 4.69) is 0 Å². The second-order valence-electron chi connectivity index (χ2n) is 4.17. The van der Waals surface area contributed by atoms with Crippen molar-refractivity contribution in [2.45, 2.75) is 6.92 Å². The number of hydrogen-bond donors (Lipinski definition) is 0. The van der Waals surface area contributed by atoms with Crippen molar-refractivity contribution in [1.29, 1.82) is 0 Å². The molecule has 2 nitrogen and oxygen atoms in total. The fraction of sp³-hybridized carbons (Fsp3) is 0.133. The average Bonchev–Trinajstić information content (AvgIpc) is 2.38. The lowest BCUT2D eigenvalue weighted by Crippen LogP contribution is -1.97. The number of carbonyl (C=O) groups excluding carboxylic acids is 1. The fourth-order valence-electron chi connectivity index (χ4n) is 1.91. The Labute approximate surface area is 109 Å². The van der Waals surface area contributed by atoms with E-state index in [9.17, 15) is 13.6 Å². The number of aldehydes is 1. The van der Waals surface area contributed by atoms with Crippen LogP contribution < -0.4 is 4.74 Å². The first-order valence-corrected chi connectivity index (χ1v) is 5.66. The van der Waals surface area contributed by atoms with Crippen LogP contribution in [0.15, 0.2) is 30.3 Å². The van der Waals surface area contributed by atoms with E-state index in [1.54, 1.807) is 25.1 Å². The van der Waals surface area contributed by atoms with Crippen LogP contribution in [0.2, 0.25) is 0 Å². The van der Waals surface area contributed by atoms with E-state index in [0.717, 1.165) is 17.7 Å². The molecule has 2 aromatic carbocycles.